The van der Waals surface area contributed by atoms with Crippen molar-refractivity contribution in [1.29, 1.82) is 0 Å². The van der Waals surface area contributed by atoms with Crippen molar-refractivity contribution in [2.45, 2.75) is 64.5 Å². The SMILES string of the molecule is CNC(CCC1CCCCO1)Cc1cc(C)ccc1C. The van der Waals surface area contributed by atoms with E-state index in [1.165, 1.54) is 48.8 Å². The summed E-state index contributed by atoms with van der Waals surface area (Å²) in [7, 11) is 2.08. The third-order valence-corrected chi connectivity index (χ3v) is 4.49. The highest BCUT2D eigenvalue weighted by atomic mass is 16.5. The number of hydrogen-bond donors (Lipinski definition) is 1. The molecule has 0 saturated carbocycles. The summed E-state index contributed by atoms with van der Waals surface area (Å²) in [5.41, 5.74) is 4.25. The Morgan fingerprint density at radius 2 is 2.15 bits per heavy atom. The van der Waals surface area contributed by atoms with Crippen molar-refractivity contribution in [3.05, 3.63) is 34.9 Å². The standard InChI is InChI=1S/C18H29NO/c1-14-7-8-15(2)16(12-14)13-17(19-3)9-10-18-6-4-5-11-20-18/h7-8,12,17-19H,4-6,9-11,13H2,1-3H3. The van der Waals surface area contributed by atoms with Gasteiger partial charge in [-0.1, -0.05) is 23.8 Å². The Kier molecular flexibility index (Phi) is 6.06. The number of nitrogens with one attached hydrogen (secondary N) is 1. The van der Waals surface area contributed by atoms with Gasteiger partial charge in [0.25, 0.3) is 0 Å². The molecule has 1 N–H and O–H groups in total. The molecule has 2 heteroatoms. The summed E-state index contributed by atoms with van der Waals surface area (Å²) >= 11 is 0. The van der Waals surface area contributed by atoms with Gasteiger partial charge in [0.05, 0.1) is 6.10 Å². The van der Waals surface area contributed by atoms with Crippen molar-refractivity contribution in [1.82, 2.24) is 5.32 Å². The average molecular weight is 275 g/mol. The van der Waals surface area contributed by atoms with E-state index in [1.54, 1.807) is 0 Å². The second-order valence-corrected chi connectivity index (χ2v) is 6.19. The van der Waals surface area contributed by atoms with E-state index in [0.29, 0.717) is 12.1 Å². The summed E-state index contributed by atoms with van der Waals surface area (Å²) in [5.74, 6) is 0. The van der Waals surface area contributed by atoms with E-state index in [2.05, 4.69) is 44.4 Å². The van der Waals surface area contributed by atoms with Gasteiger partial charge in [0.2, 0.25) is 0 Å². The molecule has 1 aromatic carbocycles. The molecule has 1 aliphatic rings. The first-order valence-electron chi connectivity index (χ1n) is 8.04. The summed E-state index contributed by atoms with van der Waals surface area (Å²) in [5, 5.41) is 3.48. The molecule has 2 atom stereocenters. The van der Waals surface area contributed by atoms with Crippen LogP contribution in [0.2, 0.25) is 0 Å². The quantitative estimate of drug-likeness (QED) is 0.853. The van der Waals surface area contributed by atoms with Crippen molar-refractivity contribution in [3.63, 3.8) is 0 Å². The van der Waals surface area contributed by atoms with Crippen LogP contribution < -0.4 is 5.32 Å². The third kappa shape index (κ3) is 4.60. The van der Waals surface area contributed by atoms with Crippen molar-refractivity contribution < 1.29 is 4.74 Å². The lowest BCUT2D eigenvalue weighted by atomic mass is 9.94. The molecular weight excluding hydrogens is 246 g/mol. The summed E-state index contributed by atoms with van der Waals surface area (Å²) in [6, 6.07) is 7.32. The first kappa shape index (κ1) is 15.5. The smallest absolute Gasteiger partial charge is 0.0575 e. The molecule has 1 heterocycles. The molecule has 1 aliphatic heterocycles. The molecule has 0 spiro atoms. The first-order valence-corrected chi connectivity index (χ1v) is 8.04. The van der Waals surface area contributed by atoms with E-state index >= 15 is 0 Å². The van der Waals surface area contributed by atoms with Gasteiger partial charge in [0.1, 0.15) is 0 Å². The molecule has 0 aromatic heterocycles. The van der Waals surface area contributed by atoms with Crippen LogP contribution in [0.1, 0.15) is 48.8 Å². The maximum atomic E-state index is 5.84. The fourth-order valence-corrected chi connectivity index (χ4v) is 3.06. The predicted octanol–water partition coefficient (Wildman–Crippen LogP) is 3.78. The highest BCUT2D eigenvalue weighted by Gasteiger charge is 2.16. The summed E-state index contributed by atoms with van der Waals surface area (Å²) in [6.45, 7) is 5.35. The minimum absolute atomic E-state index is 0.498. The number of hydrogen-bond acceptors (Lipinski definition) is 2. The fourth-order valence-electron chi connectivity index (χ4n) is 3.06. The Labute approximate surface area is 123 Å². The van der Waals surface area contributed by atoms with E-state index < -0.39 is 0 Å². The van der Waals surface area contributed by atoms with Gasteiger partial charge in [-0.05, 0) is 70.5 Å². The molecule has 2 unspecified atom stereocenters. The number of ether oxygens (including phenoxy) is 1. The molecule has 0 bridgehead atoms. The Balaban J connectivity index is 1.86. The van der Waals surface area contributed by atoms with Crippen molar-refractivity contribution >= 4 is 0 Å². The highest BCUT2D eigenvalue weighted by Crippen LogP contribution is 2.20. The number of benzene rings is 1. The van der Waals surface area contributed by atoms with E-state index in [0.717, 1.165) is 13.0 Å². The zero-order valence-corrected chi connectivity index (χ0v) is 13.2. The van der Waals surface area contributed by atoms with E-state index in [1.807, 2.05) is 0 Å². The second-order valence-electron chi connectivity index (χ2n) is 6.19. The van der Waals surface area contributed by atoms with E-state index in [4.69, 9.17) is 4.74 Å². The van der Waals surface area contributed by atoms with Crippen LogP contribution in [0.4, 0.5) is 0 Å². The van der Waals surface area contributed by atoms with Crippen molar-refractivity contribution in [2.75, 3.05) is 13.7 Å². The van der Waals surface area contributed by atoms with Crippen LogP contribution in [0.25, 0.3) is 0 Å². The number of rotatable bonds is 6. The Hall–Kier alpha value is -0.860. The molecule has 0 radical (unpaired) electrons. The first-order chi connectivity index (χ1) is 9.69. The van der Waals surface area contributed by atoms with Gasteiger partial charge in [-0.15, -0.1) is 0 Å². The Bertz CT molecular complexity index is 410. The highest BCUT2D eigenvalue weighted by molar-refractivity contribution is 5.31. The third-order valence-electron chi connectivity index (χ3n) is 4.49. The minimum Gasteiger partial charge on any atom is -0.378 e. The van der Waals surface area contributed by atoms with Gasteiger partial charge in [0, 0.05) is 12.6 Å². The lowest BCUT2D eigenvalue weighted by Crippen LogP contribution is -2.30. The second kappa shape index (κ2) is 7.80. The Morgan fingerprint density at radius 3 is 2.85 bits per heavy atom. The lowest BCUT2D eigenvalue weighted by Gasteiger charge is -2.25. The maximum Gasteiger partial charge on any atom is 0.0575 e. The monoisotopic (exact) mass is 275 g/mol. The largest absolute Gasteiger partial charge is 0.378 e. The van der Waals surface area contributed by atoms with Crippen LogP contribution in [0.5, 0.6) is 0 Å². The summed E-state index contributed by atoms with van der Waals surface area (Å²) < 4.78 is 5.84. The molecule has 20 heavy (non-hydrogen) atoms. The number of likely N-dealkylation sites (N-methyl/N-ethyl adjacent to an activating group) is 1. The predicted molar refractivity (Wildman–Crippen MR) is 85.3 cm³/mol. The van der Waals surface area contributed by atoms with Crippen LogP contribution in [0.3, 0.4) is 0 Å². The van der Waals surface area contributed by atoms with Crippen LogP contribution in [0, 0.1) is 13.8 Å². The summed E-state index contributed by atoms with van der Waals surface area (Å²) in [6.07, 6.45) is 7.85. The topological polar surface area (TPSA) is 21.3 Å². The van der Waals surface area contributed by atoms with Crippen LogP contribution >= 0.6 is 0 Å². The van der Waals surface area contributed by atoms with Gasteiger partial charge in [-0.3, -0.25) is 0 Å². The minimum atomic E-state index is 0.498. The lowest BCUT2D eigenvalue weighted by molar-refractivity contribution is 0.00870. The average Bonchev–Trinajstić information content (AvgIpc) is 2.48. The summed E-state index contributed by atoms with van der Waals surface area (Å²) in [4.78, 5) is 0. The van der Waals surface area contributed by atoms with Gasteiger partial charge in [-0.25, -0.2) is 0 Å². The van der Waals surface area contributed by atoms with Gasteiger partial charge in [0.15, 0.2) is 0 Å². The zero-order valence-electron chi connectivity index (χ0n) is 13.2. The molecule has 0 aliphatic carbocycles. The van der Waals surface area contributed by atoms with Gasteiger partial charge >= 0.3 is 0 Å². The zero-order chi connectivity index (χ0) is 14.4. The number of aryl methyl sites for hydroxylation is 2. The van der Waals surface area contributed by atoms with Gasteiger partial charge in [-0.2, -0.15) is 0 Å². The van der Waals surface area contributed by atoms with Crippen molar-refractivity contribution in [2.24, 2.45) is 0 Å². The van der Waals surface area contributed by atoms with Crippen LogP contribution in [-0.4, -0.2) is 25.8 Å². The molecule has 2 rings (SSSR count). The van der Waals surface area contributed by atoms with E-state index in [-0.39, 0.29) is 0 Å². The molecule has 112 valence electrons. The molecule has 1 aromatic rings. The normalized spacial score (nSPS) is 20.9. The molecule has 0 amide bonds. The van der Waals surface area contributed by atoms with Crippen molar-refractivity contribution in [3.8, 4) is 0 Å². The maximum absolute atomic E-state index is 5.84. The molecule has 2 nitrogen and oxygen atoms in total. The molecule has 1 fully saturated rings. The fraction of sp³-hybridized carbons (Fsp3) is 0.667. The molecule has 1 saturated heterocycles. The van der Waals surface area contributed by atoms with E-state index in [9.17, 15) is 0 Å². The Morgan fingerprint density at radius 1 is 1.30 bits per heavy atom. The van der Waals surface area contributed by atoms with Crippen LogP contribution in [0.15, 0.2) is 18.2 Å². The van der Waals surface area contributed by atoms with Crippen LogP contribution in [-0.2, 0) is 11.2 Å². The molecular formula is C18H29NO. The van der Waals surface area contributed by atoms with Gasteiger partial charge < -0.3 is 10.1 Å².